The van der Waals surface area contributed by atoms with Crippen LogP contribution in [0.4, 0.5) is 10.6 Å². The molecule has 0 radical (unpaired) electrons. The highest BCUT2D eigenvalue weighted by atomic mass is 16.5. The minimum Gasteiger partial charge on any atom is -0.477 e. The maximum Gasteiger partial charge on any atom is 0.408 e. The average molecular weight is 477 g/mol. The van der Waals surface area contributed by atoms with Gasteiger partial charge in [0.2, 0.25) is 0 Å². The fourth-order valence-electron chi connectivity index (χ4n) is 4.58. The summed E-state index contributed by atoms with van der Waals surface area (Å²) in [6.45, 7) is 3.63. The molecule has 1 aliphatic carbocycles. The molecule has 9 nitrogen and oxygen atoms in total. The zero-order valence-corrected chi connectivity index (χ0v) is 19.9. The highest BCUT2D eigenvalue weighted by Gasteiger charge is 2.36. The molecule has 2 aromatic carbocycles. The van der Waals surface area contributed by atoms with Crippen LogP contribution in [-0.2, 0) is 16.6 Å². The van der Waals surface area contributed by atoms with Gasteiger partial charge in [0.05, 0.1) is 0 Å². The van der Waals surface area contributed by atoms with Gasteiger partial charge < -0.3 is 20.5 Å². The summed E-state index contributed by atoms with van der Waals surface area (Å²) in [6.07, 6.45) is 0.267. The normalized spacial score (nSPS) is 13.9. The van der Waals surface area contributed by atoms with Gasteiger partial charge in [-0.25, -0.2) is 9.59 Å². The molecule has 0 aliphatic heterocycles. The molecule has 1 aliphatic rings. The van der Waals surface area contributed by atoms with Gasteiger partial charge in [-0.3, -0.25) is 9.48 Å². The number of aromatic carboxylic acids is 1. The number of amides is 2. The van der Waals surface area contributed by atoms with Gasteiger partial charge in [-0.05, 0) is 35.6 Å². The molecule has 0 spiro atoms. The van der Waals surface area contributed by atoms with E-state index in [0.29, 0.717) is 12.8 Å². The number of benzene rings is 2. The summed E-state index contributed by atoms with van der Waals surface area (Å²) in [5.74, 6) is -1.68. The van der Waals surface area contributed by atoms with E-state index in [1.54, 1.807) is 6.92 Å². The second kappa shape index (κ2) is 9.61. The molecular formula is C26H28N4O5. The molecule has 0 fully saturated rings. The predicted octanol–water partition coefficient (Wildman–Crippen LogP) is 4.15. The van der Waals surface area contributed by atoms with E-state index in [2.05, 4.69) is 27.9 Å². The average Bonchev–Trinajstić information content (AvgIpc) is 3.35. The lowest BCUT2D eigenvalue weighted by atomic mass is 9.95. The molecule has 3 aromatic rings. The van der Waals surface area contributed by atoms with E-state index >= 15 is 0 Å². The van der Waals surface area contributed by atoms with Crippen LogP contribution in [0.3, 0.4) is 0 Å². The topological polar surface area (TPSA) is 123 Å². The maximum absolute atomic E-state index is 13.1. The molecule has 3 N–H and O–H groups in total. The molecule has 1 unspecified atom stereocenters. The van der Waals surface area contributed by atoms with Crippen LogP contribution < -0.4 is 10.6 Å². The Balaban J connectivity index is 1.45. The number of hydrogen-bond donors (Lipinski definition) is 3. The van der Waals surface area contributed by atoms with Crippen molar-refractivity contribution in [1.82, 2.24) is 15.1 Å². The van der Waals surface area contributed by atoms with Crippen LogP contribution >= 0.6 is 0 Å². The first-order valence-corrected chi connectivity index (χ1v) is 11.5. The second-order valence-electron chi connectivity index (χ2n) is 8.83. The number of aromatic nitrogens is 2. The molecule has 2 amide bonds. The lowest BCUT2D eigenvalue weighted by molar-refractivity contribution is -0.122. The number of hydrogen-bond acceptors (Lipinski definition) is 5. The van der Waals surface area contributed by atoms with Crippen molar-refractivity contribution in [3.05, 3.63) is 71.4 Å². The number of carboxylic acids is 1. The highest BCUT2D eigenvalue weighted by molar-refractivity contribution is 5.99. The Bertz CT molecular complexity index is 1240. The molecule has 182 valence electrons. The number of aryl methyl sites for hydroxylation is 1. The molecule has 0 saturated heterocycles. The van der Waals surface area contributed by atoms with Crippen molar-refractivity contribution in [1.29, 1.82) is 0 Å². The molecule has 35 heavy (non-hydrogen) atoms. The van der Waals surface area contributed by atoms with Gasteiger partial charge in [-0.1, -0.05) is 61.9 Å². The van der Waals surface area contributed by atoms with Gasteiger partial charge in [-0.2, -0.15) is 5.10 Å². The van der Waals surface area contributed by atoms with E-state index in [1.165, 1.54) is 13.1 Å². The Morgan fingerprint density at radius 3 is 2.23 bits per heavy atom. The monoisotopic (exact) mass is 476 g/mol. The third-order valence-corrected chi connectivity index (χ3v) is 6.31. The van der Waals surface area contributed by atoms with Crippen molar-refractivity contribution in [2.75, 3.05) is 11.9 Å². The maximum atomic E-state index is 13.1. The summed E-state index contributed by atoms with van der Waals surface area (Å²) in [6, 6.07) is 17.4. The summed E-state index contributed by atoms with van der Waals surface area (Å²) in [4.78, 5) is 37.1. The zero-order chi connectivity index (χ0) is 25.2. The minimum atomic E-state index is -1.28. The highest BCUT2D eigenvalue weighted by Crippen LogP contribution is 2.44. The first-order chi connectivity index (χ1) is 16.7. The number of fused-ring (bicyclic) bond motifs is 3. The van der Waals surface area contributed by atoms with E-state index < -0.39 is 23.5 Å². The van der Waals surface area contributed by atoms with Gasteiger partial charge in [0, 0.05) is 19.0 Å². The molecule has 1 heterocycles. The molecule has 1 aromatic heterocycles. The number of nitrogens with one attached hydrogen (secondary N) is 2. The van der Waals surface area contributed by atoms with Crippen LogP contribution in [0, 0.1) is 0 Å². The van der Waals surface area contributed by atoms with Crippen molar-refractivity contribution < 1.29 is 24.2 Å². The number of alkyl carbamates (subject to hydrolysis) is 1. The van der Waals surface area contributed by atoms with Crippen molar-refractivity contribution in [3.63, 3.8) is 0 Å². The third-order valence-electron chi connectivity index (χ3n) is 6.31. The van der Waals surface area contributed by atoms with Gasteiger partial charge in [-0.15, -0.1) is 0 Å². The number of carbonyl (C=O) groups is 3. The fourth-order valence-corrected chi connectivity index (χ4v) is 4.58. The quantitative estimate of drug-likeness (QED) is 0.449. The Labute approximate surface area is 203 Å². The van der Waals surface area contributed by atoms with Crippen LogP contribution in [0.1, 0.15) is 54.2 Å². The third kappa shape index (κ3) is 4.75. The fraction of sp³-hybridized carbons (Fsp3) is 0.308. The zero-order valence-electron chi connectivity index (χ0n) is 19.9. The van der Waals surface area contributed by atoms with Crippen molar-refractivity contribution >= 4 is 23.8 Å². The Morgan fingerprint density at radius 2 is 1.69 bits per heavy atom. The van der Waals surface area contributed by atoms with Crippen LogP contribution in [0.25, 0.3) is 11.1 Å². The molecule has 0 bridgehead atoms. The van der Waals surface area contributed by atoms with Crippen molar-refractivity contribution in [3.8, 4) is 11.1 Å². The van der Waals surface area contributed by atoms with Crippen LogP contribution in [0.2, 0.25) is 0 Å². The summed E-state index contributed by atoms with van der Waals surface area (Å²) in [7, 11) is 1.47. The number of rotatable bonds is 8. The van der Waals surface area contributed by atoms with Crippen molar-refractivity contribution in [2.24, 2.45) is 7.05 Å². The summed E-state index contributed by atoms with van der Waals surface area (Å²) < 4.78 is 6.77. The van der Waals surface area contributed by atoms with Crippen LogP contribution in [0.15, 0.2) is 54.6 Å². The summed E-state index contributed by atoms with van der Waals surface area (Å²) in [5, 5.41) is 18.5. The van der Waals surface area contributed by atoms with Gasteiger partial charge in [0.25, 0.3) is 5.91 Å². The molecule has 1 atom stereocenters. The SMILES string of the molecule is CCCC(C)(NC(=O)OCC1c2ccccc2-c2ccccc21)C(=O)Nc1cc(C(=O)O)n(C)n1. The summed E-state index contributed by atoms with van der Waals surface area (Å²) in [5.41, 5.74) is 3.10. The Hall–Kier alpha value is -4.14. The number of ether oxygens (including phenoxy) is 1. The van der Waals surface area contributed by atoms with Crippen molar-refractivity contribution in [2.45, 2.75) is 38.1 Å². The standard InChI is InChI=1S/C26H28N4O5/c1-4-13-26(2,24(33)27-22-14-21(23(31)32)30(3)29-22)28-25(34)35-15-20-18-11-7-5-9-16(18)17-10-6-8-12-19(17)20/h5-12,14,20H,4,13,15H2,1-3H3,(H,28,34)(H,31,32)(H,27,29,33). The van der Waals surface area contributed by atoms with Gasteiger partial charge >= 0.3 is 12.1 Å². The van der Waals surface area contributed by atoms with E-state index in [4.69, 9.17) is 4.74 Å². The number of nitrogens with zero attached hydrogens (tertiary/aromatic N) is 2. The lowest BCUT2D eigenvalue weighted by Crippen LogP contribution is -2.54. The van der Waals surface area contributed by atoms with Gasteiger partial charge in [0.15, 0.2) is 5.82 Å². The minimum absolute atomic E-state index is 0.0676. The molecular weight excluding hydrogens is 448 g/mol. The van der Waals surface area contributed by atoms with E-state index in [9.17, 15) is 19.5 Å². The summed E-state index contributed by atoms with van der Waals surface area (Å²) >= 11 is 0. The number of carbonyl (C=O) groups excluding carboxylic acids is 2. The molecule has 4 rings (SSSR count). The number of anilines is 1. The molecule has 0 saturated carbocycles. The van der Waals surface area contributed by atoms with E-state index in [0.717, 1.165) is 26.9 Å². The molecule has 9 heteroatoms. The second-order valence-corrected chi connectivity index (χ2v) is 8.83. The lowest BCUT2D eigenvalue weighted by Gasteiger charge is -2.28. The first-order valence-electron chi connectivity index (χ1n) is 11.5. The van der Waals surface area contributed by atoms with E-state index in [-0.39, 0.29) is 24.0 Å². The van der Waals surface area contributed by atoms with E-state index in [1.807, 2.05) is 43.3 Å². The largest absolute Gasteiger partial charge is 0.477 e. The predicted molar refractivity (Wildman–Crippen MR) is 130 cm³/mol. The van der Waals surface area contributed by atoms with Crippen LogP contribution in [-0.4, -0.2) is 45.0 Å². The Kier molecular flexibility index (Phi) is 6.59. The van der Waals surface area contributed by atoms with Gasteiger partial charge in [0.1, 0.15) is 17.8 Å². The first kappa shape index (κ1) is 24.0. The number of carboxylic acid groups (broad SMARTS) is 1. The Morgan fingerprint density at radius 1 is 1.09 bits per heavy atom. The smallest absolute Gasteiger partial charge is 0.408 e. The van der Waals surface area contributed by atoms with Crippen LogP contribution in [0.5, 0.6) is 0 Å².